The number of nitrogens with two attached hydrogens (primary N) is 1. The van der Waals surface area contributed by atoms with Gasteiger partial charge in [0.25, 0.3) is 5.56 Å². The zero-order valence-electron chi connectivity index (χ0n) is 17.0. The van der Waals surface area contributed by atoms with E-state index in [1.54, 1.807) is 42.5 Å². The van der Waals surface area contributed by atoms with Crippen molar-refractivity contribution in [3.05, 3.63) is 79.8 Å². The van der Waals surface area contributed by atoms with Gasteiger partial charge in [0.05, 0.1) is 31.0 Å². The number of rotatable bonds is 5. The number of benzene rings is 2. The predicted molar refractivity (Wildman–Crippen MR) is 120 cm³/mol. The second-order valence-electron chi connectivity index (χ2n) is 6.74. The number of nitrogen functional groups attached to an aromatic ring is 1. The van der Waals surface area contributed by atoms with E-state index < -0.39 is 11.2 Å². The van der Waals surface area contributed by atoms with Crippen molar-refractivity contribution in [2.24, 2.45) is 7.05 Å². The highest BCUT2D eigenvalue weighted by molar-refractivity contribution is 7.21. The summed E-state index contributed by atoms with van der Waals surface area (Å²) in [6.45, 7) is 0. The van der Waals surface area contributed by atoms with Crippen LogP contribution in [0.4, 0.5) is 5.69 Å². The molecule has 2 aromatic heterocycles. The van der Waals surface area contributed by atoms with Crippen LogP contribution in [0.2, 0.25) is 0 Å². The summed E-state index contributed by atoms with van der Waals surface area (Å²) in [4.78, 5) is 39.5. The highest BCUT2D eigenvalue weighted by atomic mass is 32.1. The van der Waals surface area contributed by atoms with Crippen LogP contribution in [0, 0.1) is 0 Å². The molecule has 4 aromatic rings. The molecule has 31 heavy (non-hydrogen) atoms. The number of carbonyl (C=O) groups is 1. The Balaban J connectivity index is 1.99. The molecule has 4 rings (SSSR count). The summed E-state index contributed by atoms with van der Waals surface area (Å²) >= 11 is 1.01. The van der Waals surface area contributed by atoms with Crippen molar-refractivity contribution in [2.45, 2.75) is 0 Å². The number of fused-ring (bicyclic) bond motifs is 1. The Kier molecular flexibility index (Phi) is 5.12. The lowest BCUT2D eigenvalue weighted by Gasteiger charge is -2.09. The van der Waals surface area contributed by atoms with Gasteiger partial charge in [-0.2, -0.15) is 0 Å². The molecular weight excluding hydrogens is 418 g/mol. The van der Waals surface area contributed by atoms with Gasteiger partial charge in [0.2, 0.25) is 5.78 Å². The van der Waals surface area contributed by atoms with Gasteiger partial charge < -0.3 is 15.2 Å². The number of methoxy groups -OCH3 is 2. The maximum Gasteiger partial charge on any atom is 0.336 e. The van der Waals surface area contributed by atoms with Crippen LogP contribution < -0.4 is 26.5 Å². The standard InChI is InChI=1S/C22H19N3O5S/c1-24-20(27)16-17(23)19(18(26)12-9-10-14(29-2)15(11-12)30-3)31-21(16)25(22(24)28)13-7-5-4-6-8-13/h4-11H,23H2,1-3H3. The number of ether oxygens (including phenoxy) is 2. The molecule has 0 fully saturated rings. The first-order valence-electron chi connectivity index (χ1n) is 9.25. The fourth-order valence-corrected chi connectivity index (χ4v) is 4.56. The maximum absolute atomic E-state index is 13.3. The average molecular weight is 437 g/mol. The Morgan fingerprint density at radius 1 is 1.00 bits per heavy atom. The lowest BCUT2D eigenvalue weighted by atomic mass is 10.1. The van der Waals surface area contributed by atoms with Crippen LogP contribution in [-0.2, 0) is 7.05 Å². The minimum Gasteiger partial charge on any atom is -0.493 e. The zero-order valence-corrected chi connectivity index (χ0v) is 17.9. The molecule has 0 spiro atoms. The second-order valence-corrected chi connectivity index (χ2v) is 7.74. The van der Waals surface area contributed by atoms with Crippen molar-refractivity contribution >= 4 is 33.0 Å². The van der Waals surface area contributed by atoms with E-state index in [1.165, 1.54) is 25.8 Å². The third-order valence-corrected chi connectivity index (χ3v) is 6.18. The average Bonchev–Trinajstić information content (AvgIpc) is 3.14. The third kappa shape index (κ3) is 3.19. The molecule has 9 heteroatoms. The number of para-hydroxylation sites is 1. The molecule has 0 aliphatic rings. The van der Waals surface area contributed by atoms with E-state index in [4.69, 9.17) is 15.2 Å². The molecule has 0 atom stereocenters. The van der Waals surface area contributed by atoms with Crippen molar-refractivity contribution in [3.63, 3.8) is 0 Å². The lowest BCUT2D eigenvalue weighted by molar-refractivity contribution is 0.104. The zero-order chi connectivity index (χ0) is 22.3. The number of hydrogen-bond donors (Lipinski definition) is 1. The van der Waals surface area contributed by atoms with Crippen molar-refractivity contribution in [2.75, 3.05) is 20.0 Å². The molecule has 0 saturated heterocycles. The van der Waals surface area contributed by atoms with Gasteiger partial charge in [-0.3, -0.25) is 18.7 Å². The SMILES string of the molecule is COc1ccc(C(=O)c2sc3c(c2N)c(=O)n(C)c(=O)n3-c2ccccc2)cc1OC. The summed E-state index contributed by atoms with van der Waals surface area (Å²) in [5.74, 6) is 0.494. The first-order valence-corrected chi connectivity index (χ1v) is 10.1. The Bertz CT molecular complexity index is 1430. The summed E-state index contributed by atoms with van der Waals surface area (Å²) < 4.78 is 12.9. The van der Waals surface area contributed by atoms with E-state index in [2.05, 4.69) is 0 Å². The van der Waals surface area contributed by atoms with Crippen LogP contribution >= 0.6 is 11.3 Å². The van der Waals surface area contributed by atoms with E-state index in [0.717, 1.165) is 15.9 Å². The second kappa shape index (κ2) is 7.77. The van der Waals surface area contributed by atoms with Gasteiger partial charge in [-0.05, 0) is 30.3 Å². The molecule has 2 aromatic carbocycles. The van der Waals surface area contributed by atoms with E-state index >= 15 is 0 Å². The Morgan fingerprint density at radius 2 is 1.68 bits per heavy atom. The third-order valence-electron chi connectivity index (χ3n) is 4.99. The summed E-state index contributed by atoms with van der Waals surface area (Å²) in [6.07, 6.45) is 0. The Morgan fingerprint density at radius 3 is 2.32 bits per heavy atom. The fraction of sp³-hybridized carbons (Fsp3) is 0.136. The highest BCUT2D eigenvalue weighted by Crippen LogP contribution is 2.35. The van der Waals surface area contributed by atoms with Crippen molar-refractivity contribution in [1.82, 2.24) is 9.13 Å². The molecule has 0 aliphatic heterocycles. The minimum absolute atomic E-state index is 0.0464. The smallest absolute Gasteiger partial charge is 0.336 e. The van der Waals surface area contributed by atoms with E-state index in [1.807, 2.05) is 6.07 Å². The van der Waals surface area contributed by atoms with Gasteiger partial charge in [-0.25, -0.2) is 4.79 Å². The maximum atomic E-state index is 13.3. The monoisotopic (exact) mass is 437 g/mol. The van der Waals surface area contributed by atoms with Gasteiger partial charge in [0, 0.05) is 12.6 Å². The Labute approximate surface area is 180 Å². The number of carbonyl (C=O) groups excluding carboxylic acids is 1. The lowest BCUT2D eigenvalue weighted by Crippen LogP contribution is -2.37. The predicted octanol–water partition coefficient (Wildman–Crippen LogP) is 2.58. The van der Waals surface area contributed by atoms with Gasteiger partial charge in [-0.1, -0.05) is 18.2 Å². The number of thiophene rings is 1. The molecule has 0 aliphatic carbocycles. The molecule has 2 N–H and O–H groups in total. The number of ketones is 1. The van der Waals surface area contributed by atoms with Crippen LogP contribution in [-0.4, -0.2) is 29.1 Å². The number of anilines is 1. The van der Waals surface area contributed by atoms with Crippen LogP contribution in [0.15, 0.2) is 58.1 Å². The molecule has 8 nitrogen and oxygen atoms in total. The van der Waals surface area contributed by atoms with E-state index in [0.29, 0.717) is 27.6 Å². The highest BCUT2D eigenvalue weighted by Gasteiger charge is 2.25. The summed E-state index contributed by atoms with van der Waals surface area (Å²) in [6, 6.07) is 13.6. The van der Waals surface area contributed by atoms with Crippen LogP contribution in [0.1, 0.15) is 15.2 Å². The first-order chi connectivity index (χ1) is 14.9. The van der Waals surface area contributed by atoms with E-state index in [9.17, 15) is 14.4 Å². The topological polar surface area (TPSA) is 106 Å². The van der Waals surface area contributed by atoms with Crippen molar-refractivity contribution < 1.29 is 14.3 Å². The molecule has 2 heterocycles. The summed E-state index contributed by atoms with van der Waals surface area (Å²) in [7, 11) is 4.36. The van der Waals surface area contributed by atoms with Gasteiger partial charge in [-0.15, -0.1) is 11.3 Å². The Hall–Kier alpha value is -3.85. The fourth-order valence-electron chi connectivity index (χ4n) is 3.37. The first kappa shape index (κ1) is 20.4. The van der Waals surface area contributed by atoms with Gasteiger partial charge in [0.1, 0.15) is 9.71 Å². The normalized spacial score (nSPS) is 10.9. The summed E-state index contributed by atoms with van der Waals surface area (Å²) in [5.41, 5.74) is 6.14. The largest absolute Gasteiger partial charge is 0.493 e. The van der Waals surface area contributed by atoms with Gasteiger partial charge in [0.15, 0.2) is 11.5 Å². The molecular formula is C22H19N3O5S. The van der Waals surface area contributed by atoms with Crippen LogP contribution in [0.3, 0.4) is 0 Å². The van der Waals surface area contributed by atoms with E-state index in [-0.39, 0.29) is 21.7 Å². The molecule has 0 amide bonds. The molecule has 0 bridgehead atoms. The number of nitrogens with zero attached hydrogens (tertiary/aromatic N) is 2. The molecule has 158 valence electrons. The van der Waals surface area contributed by atoms with Crippen molar-refractivity contribution in [1.29, 1.82) is 0 Å². The van der Waals surface area contributed by atoms with Crippen LogP contribution in [0.25, 0.3) is 15.9 Å². The molecule has 0 unspecified atom stereocenters. The molecule has 0 radical (unpaired) electrons. The molecule has 0 saturated carbocycles. The van der Waals surface area contributed by atoms with Gasteiger partial charge >= 0.3 is 5.69 Å². The number of hydrogen-bond acceptors (Lipinski definition) is 7. The van der Waals surface area contributed by atoms with Crippen LogP contribution in [0.5, 0.6) is 11.5 Å². The quantitative estimate of drug-likeness (QED) is 0.481. The minimum atomic E-state index is -0.549. The van der Waals surface area contributed by atoms with Crippen molar-refractivity contribution in [3.8, 4) is 17.2 Å². The summed E-state index contributed by atoms with van der Waals surface area (Å²) in [5, 5.41) is 0.139. The number of aromatic nitrogens is 2.